The number of hydrogen-bond donors (Lipinski definition) is 6. The fourth-order valence-electron chi connectivity index (χ4n) is 1.21. The molecule has 15 heavy (non-hydrogen) atoms. The van der Waals surface area contributed by atoms with Crippen molar-refractivity contribution >= 4 is 0 Å². The molecule has 1 fully saturated rings. The monoisotopic (exact) mass is 305 g/mol. The van der Waals surface area contributed by atoms with Gasteiger partial charge in [-0.3, -0.25) is 0 Å². The van der Waals surface area contributed by atoms with Crippen LogP contribution in [-0.4, -0.2) is 67.3 Å². The molecule has 9 heteroatoms. The van der Waals surface area contributed by atoms with Crippen LogP contribution >= 0.6 is 0 Å². The van der Waals surface area contributed by atoms with E-state index >= 15 is 0 Å². The molecule has 6 N–H and O–H groups in total. The normalized spacial score (nSPS) is 44.4. The summed E-state index contributed by atoms with van der Waals surface area (Å²) < 4.78 is 0. The molecule has 0 spiro atoms. The van der Waals surface area contributed by atoms with E-state index in [1.807, 2.05) is 0 Å². The van der Waals surface area contributed by atoms with Gasteiger partial charge in [-0.15, -0.1) is 0 Å². The van der Waals surface area contributed by atoms with Crippen LogP contribution in [0.25, 0.3) is 0 Å². The van der Waals surface area contributed by atoms with Crippen molar-refractivity contribution in [3.63, 3.8) is 0 Å². The Hall–Kier alpha value is 0.859. The zero-order valence-electron chi connectivity index (χ0n) is 7.28. The van der Waals surface area contributed by atoms with Crippen LogP contribution in [0.2, 0.25) is 0 Å². The number of aliphatic hydroxyl groups excluding tert-OH is 6. The van der Waals surface area contributed by atoms with Crippen LogP contribution in [0.1, 0.15) is 0 Å². The van der Waals surface area contributed by atoms with Crippen molar-refractivity contribution in [3.05, 3.63) is 0 Å². The van der Waals surface area contributed by atoms with Crippen LogP contribution in [0, 0.1) is 0 Å². The first kappa shape index (κ1) is 21.2. The van der Waals surface area contributed by atoms with Crippen molar-refractivity contribution in [2.45, 2.75) is 36.6 Å². The van der Waals surface area contributed by atoms with E-state index < -0.39 is 36.6 Å². The summed E-state index contributed by atoms with van der Waals surface area (Å²) in [4.78, 5) is 0. The number of aliphatic hydroxyl groups is 6. The largest absolute Gasteiger partial charge is 2.00 e. The second-order valence-electron chi connectivity index (χ2n) is 2.94. The Labute approximate surface area is 109 Å². The molecule has 1 aliphatic rings. The average molecular weight is 306 g/mol. The van der Waals surface area contributed by atoms with Crippen LogP contribution in [0.5, 0.6) is 0 Å². The van der Waals surface area contributed by atoms with Crippen LogP contribution in [0.4, 0.5) is 0 Å². The van der Waals surface area contributed by atoms with Gasteiger partial charge in [0.2, 0.25) is 0 Å². The first-order valence-corrected chi connectivity index (χ1v) is 3.55. The van der Waals surface area contributed by atoms with E-state index in [1.165, 1.54) is 0 Å². The molecule has 1 aliphatic carbocycles. The molecule has 0 amide bonds. The van der Waals surface area contributed by atoms with E-state index in [4.69, 9.17) is 30.6 Å². The molecule has 1 rings (SSSR count). The van der Waals surface area contributed by atoms with Gasteiger partial charge in [0, 0.05) is 0 Å². The smallest absolute Gasteiger partial charge is 1.00 e. The van der Waals surface area contributed by atoms with Gasteiger partial charge >= 0.3 is 17.1 Å². The molecular weight excluding hydrogens is 294 g/mol. The van der Waals surface area contributed by atoms with Gasteiger partial charge in [-0.2, -0.15) is 0 Å². The fraction of sp³-hybridized carbons (Fsp3) is 1.00. The van der Waals surface area contributed by atoms with E-state index in [9.17, 15) is 0 Å². The molecule has 0 saturated heterocycles. The molecule has 0 unspecified atom stereocenters. The maximum absolute atomic E-state index is 8.97. The first-order valence-electron chi connectivity index (χ1n) is 3.55. The molecule has 93 valence electrons. The molecule has 0 aliphatic heterocycles. The Morgan fingerprint density at radius 1 is 0.400 bits per heavy atom. The molecule has 1 radical (unpaired) electrons. The predicted molar refractivity (Wildman–Crippen MR) is 36.0 cm³/mol. The summed E-state index contributed by atoms with van der Waals surface area (Å²) in [6, 6.07) is 0. The Kier molecular flexibility index (Phi) is 11.3. The van der Waals surface area contributed by atoms with Gasteiger partial charge < -0.3 is 55.5 Å². The number of halogens is 2. The van der Waals surface area contributed by atoms with E-state index in [0.717, 1.165) is 0 Å². The van der Waals surface area contributed by atoms with Gasteiger partial charge in [-0.05, 0) is 0 Å². The molecule has 1 saturated carbocycles. The third kappa shape index (κ3) is 3.98. The van der Waals surface area contributed by atoms with Gasteiger partial charge in [-0.25, -0.2) is 0 Å². The maximum Gasteiger partial charge on any atom is 2.00 e. The quantitative estimate of drug-likeness (QED) is 0.247. The molecule has 0 aromatic heterocycles. The summed E-state index contributed by atoms with van der Waals surface area (Å²) in [7, 11) is 0. The van der Waals surface area contributed by atoms with Crippen molar-refractivity contribution in [1.82, 2.24) is 0 Å². The van der Waals surface area contributed by atoms with Crippen molar-refractivity contribution in [2.75, 3.05) is 0 Å². The number of rotatable bonds is 0. The molecular formula is C6H12Cl2MnO6. The van der Waals surface area contributed by atoms with E-state index in [2.05, 4.69) is 0 Å². The van der Waals surface area contributed by atoms with Gasteiger partial charge in [0.25, 0.3) is 0 Å². The first-order chi connectivity index (χ1) is 5.46. The van der Waals surface area contributed by atoms with Gasteiger partial charge in [0.1, 0.15) is 36.6 Å². The van der Waals surface area contributed by atoms with Crippen LogP contribution in [0.15, 0.2) is 0 Å². The summed E-state index contributed by atoms with van der Waals surface area (Å²) >= 11 is 0. The second-order valence-corrected chi connectivity index (χ2v) is 2.94. The van der Waals surface area contributed by atoms with Crippen molar-refractivity contribution in [1.29, 1.82) is 0 Å². The molecule has 6 nitrogen and oxygen atoms in total. The summed E-state index contributed by atoms with van der Waals surface area (Å²) in [5.41, 5.74) is 0. The molecule has 0 heterocycles. The zero-order valence-corrected chi connectivity index (χ0v) is 9.97. The van der Waals surface area contributed by atoms with Crippen molar-refractivity contribution in [3.8, 4) is 0 Å². The summed E-state index contributed by atoms with van der Waals surface area (Å²) in [5, 5.41) is 53.8. The predicted octanol–water partition coefficient (Wildman–Crippen LogP) is -9.83. The van der Waals surface area contributed by atoms with E-state index in [1.54, 1.807) is 0 Å². The topological polar surface area (TPSA) is 121 Å². The second kappa shape index (κ2) is 8.02. The molecule has 0 aromatic carbocycles. The van der Waals surface area contributed by atoms with Crippen LogP contribution in [-0.2, 0) is 17.1 Å². The van der Waals surface area contributed by atoms with Crippen molar-refractivity contribution < 1.29 is 72.5 Å². The van der Waals surface area contributed by atoms with Crippen LogP contribution in [0.3, 0.4) is 0 Å². The van der Waals surface area contributed by atoms with Crippen LogP contribution < -0.4 is 24.8 Å². The van der Waals surface area contributed by atoms with Gasteiger partial charge in [0.15, 0.2) is 0 Å². The summed E-state index contributed by atoms with van der Waals surface area (Å²) in [6.45, 7) is 0. The fourth-order valence-corrected chi connectivity index (χ4v) is 1.21. The van der Waals surface area contributed by atoms with E-state index in [-0.39, 0.29) is 41.9 Å². The maximum atomic E-state index is 8.97. The Balaban J connectivity index is -0.000000480. The minimum atomic E-state index is -1.64. The van der Waals surface area contributed by atoms with Crippen molar-refractivity contribution in [2.24, 2.45) is 0 Å². The molecule has 0 bridgehead atoms. The molecule has 0 aromatic rings. The minimum Gasteiger partial charge on any atom is -1.00 e. The van der Waals surface area contributed by atoms with E-state index in [0.29, 0.717) is 0 Å². The summed E-state index contributed by atoms with van der Waals surface area (Å²) in [5.74, 6) is 0. The minimum absolute atomic E-state index is 0. The third-order valence-electron chi connectivity index (χ3n) is 2.10. The third-order valence-corrected chi connectivity index (χ3v) is 2.10. The standard InChI is InChI=1S/C6H12O6.2ClH.Mn/c7-1-2(8)4(10)6(12)5(11)3(1)9;;;/h1-12H;2*1H;/q;;;+2/p-2/t1-,2-,3-,4-,5+,6+;;;/m0.../s1. The Morgan fingerprint density at radius 2 is 0.467 bits per heavy atom. The Morgan fingerprint density at radius 3 is 0.533 bits per heavy atom. The summed E-state index contributed by atoms with van der Waals surface area (Å²) in [6.07, 6.45) is -9.84. The Bertz CT molecular complexity index is 117. The van der Waals surface area contributed by atoms with Gasteiger partial charge in [0.05, 0.1) is 0 Å². The SMILES string of the molecule is O[C@H]1[C@H](O)[C@H](O)[C@@H](O)[C@H](O)[C@H]1O.[Cl-].[Cl-].[Mn+2]. The number of hydrogen-bond acceptors (Lipinski definition) is 6. The average Bonchev–Trinajstić information content (AvgIpc) is 2.08. The van der Waals surface area contributed by atoms with Gasteiger partial charge in [-0.1, -0.05) is 0 Å². The zero-order chi connectivity index (χ0) is 9.46. The molecule has 0 atom stereocenters.